The molecule has 1 aliphatic heterocycles. The summed E-state index contributed by atoms with van der Waals surface area (Å²) in [5.41, 5.74) is 6.71. The van der Waals surface area contributed by atoms with Crippen molar-refractivity contribution in [3.63, 3.8) is 0 Å². The Morgan fingerprint density at radius 1 is 1.26 bits per heavy atom. The molecule has 1 saturated heterocycles. The molecule has 1 aliphatic rings. The summed E-state index contributed by atoms with van der Waals surface area (Å²) in [6, 6.07) is 4.92. The molecule has 1 aromatic carbocycles. The SMILES string of the molecule is CS(=O)(=O)N1CCN(c2ccc(CN)cc2F)CC1. The maximum atomic E-state index is 13.9. The van der Waals surface area contributed by atoms with Crippen LogP contribution in [0.3, 0.4) is 0 Å². The molecule has 1 fully saturated rings. The van der Waals surface area contributed by atoms with Gasteiger partial charge in [0, 0.05) is 32.7 Å². The van der Waals surface area contributed by atoms with Crippen molar-refractivity contribution in [3.05, 3.63) is 29.6 Å². The van der Waals surface area contributed by atoms with E-state index in [-0.39, 0.29) is 5.82 Å². The monoisotopic (exact) mass is 287 g/mol. The summed E-state index contributed by atoms with van der Waals surface area (Å²) in [6.45, 7) is 2.06. The topological polar surface area (TPSA) is 66.6 Å². The Labute approximate surface area is 112 Å². The molecule has 0 saturated carbocycles. The maximum absolute atomic E-state index is 13.9. The summed E-state index contributed by atoms with van der Waals surface area (Å²) in [5, 5.41) is 0. The van der Waals surface area contributed by atoms with Gasteiger partial charge in [-0.1, -0.05) is 6.07 Å². The van der Waals surface area contributed by atoms with E-state index in [9.17, 15) is 12.8 Å². The molecular weight excluding hydrogens is 269 g/mol. The molecule has 0 atom stereocenters. The molecule has 2 rings (SSSR count). The van der Waals surface area contributed by atoms with Crippen molar-refractivity contribution in [3.8, 4) is 0 Å². The van der Waals surface area contributed by atoms with Crippen LogP contribution in [0, 0.1) is 5.82 Å². The molecule has 0 aromatic heterocycles. The van der Waals surface area contributed by atoms with Crippen LogP contribution < -0.4 is 10.6 Å². The van der Waals surface area contributed by atoms with Crippen molar-refractivity contribution in [2.24, 2.45) is 5.73 Å². The number of piperazine rings is 1. The predicted octanol–water partition coefficient (Wildman–Crippen LogP) is 0.366. The third-order valence-electron chi connectivity index (χ3n) is 3.30. The molecule has 0 bridgehead atoms. The summed E-state index contributed by atoms with van der Waals surface area (Å²) in [4.78, 5) is 1.86. The second-order valence-electron chi connectivity index (χ2n) is 4.64. The van der Waals surface area contributed by atoms with E-state index in [1.807, 2.05) is 4.90 Å². The summed E-state index contributed by atoms with van der Waals surface area (Å²) < 4.78 is 38.1. The third kappa shape index (κ3) is 3.23. The summed E-state index contributed by atoms with van der Waals surface area (Å²) in [7, 11) is -3.16. The quantitative estimate of drug-likeness (QED) is 0.872. The molecule has 106 valence electrons. The van der Waals surface area contributed by atoms with Crippen LogP contribution in [0.2, 0.25) is 0 Å². The van der Waals surface area contributed by atoms with Gasteiger partial charge in [-0.25, -0.2) is 12.8 Å². The number of benzene rings is 1. The van der Waals surface area contributed by atoms with Crippen LogP contribution in [0.5, 0.6) is 0 Å². The molecule has 0 spiro atoms. The third-order valence-corrected chi connectivity index (χ3v) is 4.60. The molecular formula is C12H18FN3O2S. The molecule has 0 aliphatic carbocycles. The Hall–Kier alpha value is -1.18. The molecule has 7 heteroatoms. The van der Waals surface area contributed by atoms with Gasteiger partial charge in [-0.2, -0.15) is 4.31 Å². The van der Waals surface area contributed by atoms with Gasteiger partial charge in [-0.15, -0.1) is 0 Å². The lowest BCUT2D eigenvalue weighted by Gasteiger charge is -2.34. The van der Waals surface area contributed by atoms with Gasteiger partial charge >= 0.3 is 0 Å². The van der Waals surface area contributed by atoms with E-state index in [0.29, 0.717) is 38.4 Å². The predicted molar refractivity (Wildman–Crippen MR) is 72.9 cm³/mol. The van der Waals surface area contributed by atoms with Crippen LogP contribution in [0.25, 0.3) is 0 Å². The van der Waals surface area contributed by atoms with Gasteiger partial charge in [-0.05, 0) is 17.7 Å². The number of nitrogens with two attached hydrogens (primary N) is 1. The van der Waals surface area contributed by atoms with Crippen molar-refractivity contribution in [2.75, 3.05) is 37.3 Å². The molecule has 0 amide bonds. The number of sulfonamides is 1. The molecule has 2 N–H and O–H groups in total. The minimum atomic E-state index is -3.16. The Bertz CT molecular complexity index is 554. The number of hydrogen-bond acceptors (Lipinski definition) is 4. The highest BCUT2D eigenvalue weighted by Gasteiger charge is 2.24. The average molecular weight is 287 g/mol. The van der Waals surface area contributed by atoms with E-state index in [4.69, 9.17) is 5.73 Å². The van der Waals surface area contributed by atoms with Crippen LogP contribution >= 0.6 is 0 Å². The normalized spacial score (nSPS) is 17.7. The molecule has 0 unspecified atom stereocenters. The Balaban J connectivity index is 2.10. The number of rotatable bonds is 3. The smallest absolute Gasteiger partial charge is 0.211 e. The van der Waals surface area contributed by atoms with Gasteiger partial charge < -0.3 is 10.6 Å². The lowest BCUT2D eigenvalue weighted by molar-refractivity contribution is 0.386. The van der Waals surface area contributed by atoms with Crippen molar-refractivity contribution in [1.29, 1.82) is 0 Å². The summed E-state index contributed by atoms with van der Waals surface area (Å²) in [5.74, 6) is -0.309. The van der Waals surface area contributed by atoms with Crippen LogP contribution in [0.4, 0.5) is 10.1 Å². The van der Waals surface area contributed by atoms with Crippen molar-refractivity contribution in [2.45, 2.75) is 6.54 Å². The summed E-state index contributed by atoms with van der Waals surface area (Å²) in [6.07, 6.45) is 1.19. The van der Waals surface area contributed by atoms with Crippen LogP contribution in [-0.2, 0) is 16.6 Å². The maximum Gasteiger partial charge on any atom is 0.211 e. The zero-order valence-corrected chi connectivity index (χ0v) is 11.7. The fourth-order valence-corrected chi connectivity index (χ4v) is 3.02. The van der Waals surface area contributed by atoms with Gasteiger partial charge in [0.2, 0.25) is 10.0 Å². The highest BCUT2D eigenvalue weighted by molar-refractivity contribution is 7.88. The van der Waals surface area contributed by atoms with Crippen molar-refractivity contribution < 1.29 is 12.8 Å². The van der Waals surface area contributed by atoms with E-state index < -0.39 is 10.0 Å². The first-order chi connectivity index (χ1) is 8.91. The van der Waals surface area contributed by atoms with Crippen molar-refractivity contribution in [1.82, 2.24) is 4.31 Å². The molecule has 5 nitrogen and oxygen atoms in total. The van der Waals surface area contributed by atoms with E-state index >= 15 is 0 Å². The standard InChI is InChI=1S/C12H18FN3O2S/c1-19(17,18)16-6-4-15(5-7-16)12-3-2-10(9-14)8-11(12)13/h2-3,8H,4-7,9,14H2,1H3. The minimum absolute atomic E-state index is 0.305. The number of halogens is 1. The van der Waals surface area contributed by atoms with Gasteiger partial charge in [-0.3, -0.25) is 0 Å². The first-order valence-electron chi connectivity index (χ1n) is 6.10. The zero-order chi connectivity index (χ0) is 14.0. The largest absolute Gasteiger partial charge is 0.367 e. The lowest BCUT2D eigenvalue weighted by Crippen LogP contribution is -2.48. The molecule has 0 radical (unpaired) electrons. The van der Waals surface area contributed by atoms with Crippen molar-refractivity contribution >= 4 is 15.7 Å². The Morgan fingerprint density at radius 2 is 1.89 bits per heavy atom. The second-order valence-corrected chi connectivity index (χ2v) is 6.62. The van der Waals surface area contributed by atoms with Gasteiger partial charge in [0.1, 0.15) is 5.82 Å². The first-order valence-corrected chi connectivity index (χ1v) is 7.95. The number of anilines is 1. The van der Waals surface area contributed by atoms with Gasteiger partial charge in [0.25, 0.3) is 0 Å². The highest BCUT2D eigenvalue weighted by Crippen LogP contribution is 2.22. The second kappa shape index (κ2) is 5.44. The van der Waals surface area contributed by atoms with Crippen LogP contribution in [0.15, 0.2) is 18.2 Å². The van der Waals surface area contributed by atoms with Gasteiger partial charge in [0.05, 0.1) is 11.9 Å². The minimum Gasteiger partial charge on any atom is -0.367 e. The first kappa shape index (κ1) is 14.2. The average Bonchev–Trinajstić information content (AvgIpc) is 2.37. The van der Waals surface area contributed by atoms with E-state index in [2.05, 4.69) is 0 Å². The highest BCUT2D eigenvalue weighted by atomic mass is 32.2. The lowest BCUT2D eigenvalue weighted by atomic mass is 10.1. The van der Waals surface area contributed by atoms with Gasteiger partial charge in [0.15, 0.2) is 0 Å². The molecule has 1 aromatic rings. The molecule has 19 heavy (non-hydrogen) atoms. The van der Waals surface area contributed by atoms with E-state index in [1.165, 1.54) is 16.6 Å². The van der Waals surface area contributed by atoms with E-state index in [1.54, 1.807) is 12.1 Å². The molecule has 1 heterocycles. The fraction of sp³-hybridized carbons (Fsp3) is 0.500. The Morgan fingerprint density at radius 3 is 2.37 bits per heavy atom. The Kier molecular flexibility index (Phi) is 4.07. The fourth-order valence-electron chi connectivity index (χ4n) is 2.19. The number of nitrogens with zero attached hydrogens (tertiary/aromatic N) is 2. The summed E-state index contributed by atoms with van der Waals surface area (Å²) >= 11 is 0. The van der Waals surface area contributed by atoms with Crippen LogP contribution in [-0.4, -0.2) is 45.2 Å². The number of hydrogen-bond donors (Lipinski definition) is 1. The van der Waals surface area contributed by atoms with E-state index in [0.717, 1.165) is 5.56 Å². The zero-order valence-electron chi connectivity index (χ0n) is 10.8. The van der Waals surface area contributed by atoms with Crippen LogP contribution in [0.1, 0.15) is 5.56 Å².